The fourth-order valence-corrected chi connectivity index (χ4v) is 0.931. The number of carbonyl (C=O) groups excluding carboxylic acids is 1. The number of para-hydroxylation sites is 1. The lowest BCUT2D eigenvalue weighted by Gasteiger charge is -2.03. The Morgan fingerprint density at radius 2 is 1.92 bits per heavy atom. The molecule has 0 spiro atoms. The van der Waals surface area contributed by atoms with Crippen molar-refractivity contribution in [1.82, 2.24) is 0 Å². The summed E-state index contributed by atoms with van der Waals surface area (Å²) in [5, 5.41) is 0. The quantitative estimate of drug-likeness (QED) is 0.515. The van der Waals surface area contributed by atoms with Crippen molar-refractivity contribution in [3.8, 4) is 5.75 Å². The second-order valence-electron chi connectivity index (χ2n) is 2.98. The number of rotatable bonds is 2. The Morgan fingerprint density at radius 3 is 2.54 bits per heavy atom. The van der Waals surface area contributed by atoms with Crippen molar-refractivity contribution in [2.75, 3.05) is 0 Å². The number of hydrogen-bond donors (Lipinski definition) is 0. The molecule has 1 fully saturated rings. The molecule has 13 heavy (non-hydrogen) atoms. The van der Waals surface area contributed by atoms with E-state index in [1.807, 2.05) is 6.07 Å². The lowest BCUT2D eigenvalue weighted by Crippen LogP contribution is -2.11. The fourth-order valence-electron chi connectivity index (χ4n) is 0.931. The molecule has 0 aliphatic heterocycles. The number of benzene rings is 1. The van der Waals surface area contributed by atoms with Gasteiger partial charge in [-0.05, 0) is 25.0 Å². The summed E-state index contributed by atoms with van der Waals surface area (Å²) in [5.41, 5.74) is 0. The zero-order valence-electron chi connectivity index (χ0n) is 7.10. The zero-order valence-corrected chi connectivity index (χ0v) is 7.10. The molecule has 0 unspecified atom stereocenters. The molecule has 1 aromatic rings. The van der Waals surface area contributed by atoms with Gasteiger partial charge in [-0.3, -0.25) is 0 Å². The maximum absolute atomic E-state index is 11.0. The molecule has 0 atom stereocenters. The monoisotopic (exact) mass is 178 g/mol. The first-order valence-electron chi connectivity index (χ1n) is 4.28. The molecular weight excluding hydrogens is 168 g/mol. The maximum atomic E-state index is 11.0. The molecule has 0 radical (unpaired) electrons. The van der Waals surface area contributed by atoms with Crippen molar-refractivity contribution < 1.29 is 14.3 Å². The van der Waals surface area contributed by atoms with E-state index in [1.54, 1.807) is 24.3 Å². The van der Waals surface area contributed by atoms with Crippen molar-refractivity contribution in [1.29, 1.82) is 0 Å². The van der Waals surface area contributed by atoms with Gasteiger partial charge in [-0.1, -0.05) is 18.2 Å². The first kappa shape index (κ1) is 8.10. The van der Waals surface area contributed by atoms with Crippen LogP contribution >= 0.6 is 0 Å². The van der Waals surface area contributed by atoms with Gasteiger partial charge >= 0.3 is 6.16 Å². The highest BCUT2D eigenvalue weighted by molar-refractivity contribution is 5.64. The third-order valence-corrected chi connectivity index (χ3v) is 1.73. The summed E-state index contributed by atoms with van der Waals surface area (Å²) in [6, 6.07) is 8.90. The van der Waals surface area contributed by atoms with Gasteiger partial charge in [-0.2, -0.15) is 0 Å². The summed E-state index contributed by atoms with van der Waals surface area (Å²) in [6.07, 6.45) is 1.42. The molecule has 1 aromatic carbocycles. The van der Waals surface area contributed by atoms with Crippen LogP contribution in [0.2, 0.25) is 0 Å². The predicted octanol–water partition coefficient (Wildman–Crippen LogP) is 2.36. The van der Waals surface area contributed by atoms with Gasteiger partial charge in [0.15, 0.2) is 0 Å². The Balaban J connectivity index is 1.86. The third-order valence-electron chi connectivity index (χ3n) is 1.73. The van der Waals surface area contributed by atoms with Crippen LogP contribution in [0.25, 0.3) is 0 Å². The molecule has 0 saturated heterocycles. The first-order valence-corrected chi connectivity index (χ1v) is 4.28. The highest BCUT2D eigenvalue weighted by Crippen LogP contribution is 2.24. The van der Waals surface area contributed by atoms with Crippen LogP contribution in [0.3, 0.4) is 0 Å². The summed E-state index contributed by atoms with van der Waals surface area (Å²) in [7, 11) is 0. The van der Waals surface area contributed by atoms with E-state index in [4.69, 9.17) is 9.47 Å². The molecule has 68 valence electrons. The first-order chi connectivity index (χ1) is 6.34. The van der Waals surface area contributed by atoms with Gasteiger partial charge < -0.3 is 9.47 Å². The van der Waals surface area contributed by atoms with Gasteiger partial charge in [-0.25, -0.2) is 4.79 Å². The van der Waals surface area contributed by atoms with Crippen LogP contribution in [-0.4, -0.2) is 12.3 Å². The summed E-state index contributed by atoms with van der Waals surface area (Å²) < 4.78 is 9.81. The van der Waals surface area contributed by atoms with E-state index in [-0.39, 0.29) is 6.10 Å². The smallest absolute Gasteiger partial charge is 0.431 e. The Labute approximate surface area is 76.3 Å². The summed E-state index contributed by atoms with van der Waals surface area (Å²) in [4.78, 5) is 11.0. The van der Waals surface area contributed by atoms with Gasteiger partial charge in [0.1, 0.15) is 11.9 Å². The summed E-state index contributed by atoms with van der Waals surface area (Å²) in [6.45, 7) is 0. The van der Waals surface area contributed by atoms with Gasteiger partial charge in [-0.15, -0.1) is 0 Å². The number of ether oxygens (including phenoxy) is 2. The van der Waals surface area contributed by atoms with Crippen LogP contribution in [0.15, 0.2) is 30.3 Å². The lowest BCUT2D eigenvalue weighted by atomic mass is 10.3. The lowest BCUT2D eigenvalue weighted by molar-refractivity contribution is 0.0925. The van der Waals surface area contributed by atoms with E-state index in [1.165, 1.54) is 0 Å². The van der Waals surface area contributed by atoms with E-state index in [0.717, 1.165) is 12.8 Å². The molecule has 0 N–H and O–H groups in total. The third kappa shape index (κ3) is 2.47. The molecule has 0 amide bonds. The normalized spacial score (nSPS) is 15.1. The zero-order chi connectivity index (χ0) is 9.10. The van der Waals surface area contributed by atoms with E-state index in [0.29, 0.717) is 5.75 Å². The van der Waals surface area contributed by atoms with E-state index < -0.39 is 6.16 Å². The van der Waals surface area contributed by atoms with Crippen LogP contribution in [0.4, 0.5) is 4.79 Å². The van der Waals surface area contributed by atoms with Gasteiger partial charge in [0, 0.05) is 0 Å². The van der Waals surface area contributed by atoms with Gasteiger partial charge in [0.25, 0.3) is 0 Å². The standard InChI is InChI=1S/C10H10O3/c11-10(13-9-6-7-9)12-8-4-2-1-3-5-8/h1-5,9H,6-7H2. The molecule has 1 aliphatic carbocycles. The van der Waals surface area contributed by atoms with Crippen LogP contribution in [0.5, 0.6) is 5.75 Å². The average Bonchev–Trinajstić information content (AvgIpc) is 2.90. The van der Waals surface area contributed by atoms with Crippen molar-refractivity contribution in [3.63, 3.8) is 0 Å². The van der Waals surface area contributed by atoms with Crippen LogP contribution < -0.4 is 4.74 Å². The topological polar surface area (TPSA) is 35.5 Å². The molecule has 2 rings (SSSR count). The Hall–Kier alpha value is -1.51. The van der Waals surface area contributed by atoms with Crippen molar-refractivity contribution >= 4 is 6.16 Å². The van der Waals surface area contributed by atoms with Gasteiger partial charge in [0.05, 0.1) is 0 Å². The molecule has 3 nitrogen and oxygen atoms in total. The average molecular weight is 178 g/mol. The Morgan fingerprint density at radius 1 is 1.23 bits per heavy atom. The predicted molar refractivity (Wildman–Crippen MR) is 46.6 cm³/mol. The second-order valence-corrected chi connectivity index (χ2v) is 2.98. The molecular formula is C10H10O3. The van der Waals surface area contributed by atoms with Crippen LogP contribution in [0.1, 0.15) is 12.8 Å². The largest absolute Gasteiger partial charge is 0.514 e. The van der Waals surface area contributed by atoms with E-state index in [9.17, 15) is 4.79 Å². The molecule has 1 saturated carbocycles. The minimum atomic E-state index is -0.603. The molecule has 1 aliphatic rings. The molecule has 3 heteroatoms. The molecule has 0 bridgehead atoms. The summed E-state index contributed by atoms with van der Waals surface area (Å²) in [5.74, 6) is 0.521. The molecule has 0 aromatic heterocycles. The minimum Gasteiger partial charge on any atom is -0.431 e. The van der Waals surface area contributed by atoms with Crippen LogP contribution in [0, 0.1) is 0 Å². The van der Waals surface area contributed by atoms with Crippen LogP contribution in [-0.2, 0) is 4.74 Å². The maximum Gasteiger partial charge on any atom is 0.514 e. The number of carbonyl (C=O) groups is 1. The van der Waals surface area contributed by atoms with Crippen molar-refractivity contribution in [3.05, 3.63) is 30.3 Å². The molecule has 0 heterocycles. The van der Waals surface area contributed by atoms with E-state index in [2.05, 4.69) is 0 Å². The van der Waals surface area contributed by atoms with Crippen molar-refractivity contribution in [2.24, 2.45) is 0 Å². The minimum absolute atomic E-state index is 0.0937. The Kier molecular flexibility index (Phi) is 2.17. The number of hydrogen-bond acceptors (Lipinski definition) is 3. The fraction of sp³-hybridized carbons (Fsp3) is 0.300. The van der Waals surface area contributed by atoms with E-state index >= 15 is 0 Å². The summed E-state index contributed by atoms with van der Waals surface area (Å²) >= 11 is 0. The van der Waals surface area contributed by atoms with Gasteiger partial charge in [0.2, 0.25) is 0 Å². The Bertz CT molecular complexity index is 290. The second kappa shape index (κ2) is 3.47. The highest BCUT2D eigenvalue weighted by Gasteiger charge is 2.26. The highest BCUT2D eigenvalue weighted by atomic mass is 16.7. The SMILES string of the molecule is O=C(Oc1ccccc1)OC1CC1. The van der Waals surface area contributed by atoms with Crippen molar-refractivity contribution in [2.45, 2.75) is 18.9 Å².